The van der Waals surface area contributed by atoms with Crippen LogP contribution in [0.1, 0.15) is 39.0 Å². The molecule has 0 aromatic heterocycles. The normalized spacial score (nSPS) is 28.4. The summed E-state index contributed by atoms with van der Waals surface area (Å²) in [4.78, 5) is 0. The van der Waals surface area contributed by atoms with Gasteiger partial charge in [-0.15, -0.1) is 0 Å². The molecule has 2 aliphatic carbocycles. The Balaban J connectivity index is 2.04. The fourth-order valence-corrected chi connectivity index (χ4v) is 3.19. The summed E-state index contributed by atoms with van der Waals surface area (Å²) in [5.74, 6) is 0.827. The lowest BCUT2D eigenvalue weighted by atomic mass is 9.53. The molecular weight excluding hydrogens is 191 g/mol. The Kier molecular flexibility index (Phi) is 2.63. The summed E-state index contributed by atoms with van der Waals surface area (Å²) in [6.45, 7) is 2.25. The number of hydrogen-bond donors (Lipinski definition) is 0. The van der Waals surface area contributed by atoms with Gasteiger partial charge in [0.25, 0.3) is 0 Å². The maximum Gasteiger partial charge on any atom is 0.165 e. The van der Waals surface area contributed by atoms with Crippen molar-refractivity contribution in [3.8, 4) is 0 Å². The number of allylic oxidation sites excluding steroid dienone is 8. The van der Waals surface area contributed by atoms with Gasteiger partial charge in [-0.05, 0) is 43.1 Å². The van der Waals surface area contributed by atoms with E-state index in [9.17, 15) is 0 Å². The third-order valence-corrected chi connectivity index (χ3v) is 4.03. The first kappa shape index (κ1) is 10.2. The van der Waals surface area contributed by atoms with E-state index in [4.69, 9.17) is 0 Å². The first-order valence-corrected chi connectivity index (χ1v) is 6.61. The second-order valence-electron chi connectivity index (χ2n) is 5.44. The lowest BCUT2D eigenvalue weighted by Crippen LogP contribution is -2.11. The highest BCUT2D eigenvalue weighted by Crippen LogP contribution is 2.38. The molecule has 0 N–H and O–H groups in total. The minimum absolute atomic E-state index is 0.827. The van der Waals surface area contributed by atoms with Crippen molar-refractivity contribution in [3.05, 3.63) is 46.5 Å². The van der Waals surface area contributed by atoms with Gasteiger partial charge < -0.3 is 0 Å². The summed E-state index contributed by atoms with van der Waals surface area (Å²) in [7, 11) is 1.28. The quantitative estimate of drug-likeness (QED) is 0.532. The first-order valence-electron chi connectivity index (χ1n) is 6.61. The minimum Gasteiger partial charge on any atom is -0.0848 e. The van der Waals surface area contributed by atoms with E-state index in [2.05, 4.69) is 31.2 Å². The maximum absolute atomic E-state index is 2.56. The zero-order valence-corrected chi connectivity index (χ0v) is 10.1. The maximum atomic E-state index is 2.56. The molecule has 0 spiro atoms. The molecule has 1 aliphatic heterocycles. The molecule has 1 heterocycles. The van der Waals surface area contributed by atoms with E-state index in [1.54, 1.807) is 16.6 Å². The highest BCUT2D eigenvalue weighted by molar-refractivity contribution is 6.50. The van der Waals surface area contributed by atoms with E-state index in [-0.39, 0.29) is 0 Å². The molecule has 1 unspecified atom stereocenters. The van der Waals surface area contributed by atoms with Crippen LogP contribution in [0.2, 0.25) is 5.82 Å². The van der Waals surface area contributed by atoms with Gasteiger partial charge in [-0.1, -0.05) is 48.2 Å². The summed E-state index contributed by atoms with van der Waals surface area (Å²) < 4.78 is 0. The van der Waals surface area contributed by atoms with Gasteiger partial charge in [0.15, 0.2) is 7.28 Å². The van der Waals surface area contributed by atoms with Gasteiger partial charge in [0, 0.05) is 0 Å². The summed E-state index contributed by atoms with van der Waals surface area (Å²) in [5.41, 5.74) is 6.30. The van der Waals surface area contributed by atoms with Crippen molar-refractivity contribution in [2.24, 2.45) is 0 Å². The van der Waals surface area contributed by atoms with Gasteiger partial charge in [-0.2, -0.15) is 0 Å². The first-order chi connectivity index (χ1) is 7.83. The Hall–Kier alpha value is -0.975. The fraction of sp³-hybridized carbons (Fsp3) is 0.467. The van der Waals surface area contributed by atoms with Crippen molar-refractivity contribution in [2.45, 2.75) is 44.8 Å². The van der Waals surface area contributed by atoms with Crippen molar-refractivity contribution in [3.63, 3.8) is 0 Å². The molecule has 1 heteroatoms. The Bertz CT molecular complexity index is 421. The molecule has 0 aromatic carbocycles. The fourth-order valence-electron chi connectivity index (χ4n) is 3.19. The molecule has 16 heavy (non-hydrogen) atoms. The van der Waals surface area contributed by atoms with Crippen molar-refractivity contribution in [1.82, 2.24) is 0 Å². The third-order valence-electron chi connectivity index (χ3n) is 4.03. The van der Waals surface area contributed by atoms with E-state index in [0.29, 0.717) is 0 Å². The smallest absolute Gasteiger partial charge is 0.0848 e. The second kappa shape index (κ2) is 4.12. The largest absolute Gasteiger partial charge is 0.165 e. The summed E-state index contributed by atoms with van der Waals surface area (Å²) in [6, 6.07) is 0. The molecule has 3 aliphatic rings. The molecule has 0 radical (unpaired) electrons. The number of hydrogen-bond acceptors (Lipinski definition) is 0. The summed E-state index contributed by atoms with van der Waals surface area (Å²) in [6.07, 6.45) is 16.3. The predicted octanol–water partition coefficient (Wildman–Crippen LogP) is 3.89. The predicted molar refractivity (Wildman–Crippen MR) is 72.0 cm³/mol. The van der Waals surface area contributed by atoms with Gasteiger partial charge in [0.05, 0.1) is 0 Å². The van der Waals surface area contributed by atoms with Crippen molar-refractivity contribution in [2.75, 3.05) is 0 Å². The topological polar surface area (TPSA) is 0 Å². The van der Waals surface area contributed by atoms with Gasteiger partial charge in [-0.25, -0.2) is 0 Å². The Morgan fingerprint density at radius 2 is 2.25 bits per heavy atom. The number of rotatable bonds is 0. The highest BCUT2D eigenvalue weighted by Gasteiger charge is 2.23. The number of fused-ring (bicyclic) bond motifs is 2. The molecule has 3 rings (SSSR count). The highest BCUT2D eigenvalue weighted by atomic mass is 14.2. The van der Waals surface area contributed by atoms with E-state index < -0.39 is 0 Å². The lowest BCUT2D eigenvalue weighted by molar-refractivity contribution is 0.712. The van der Waals surface area contributed by atoms with Gasteiger partial charge in [-0.3, -0.25) is 0 Å². The Labute approximate surface area is 99.1 Å². The van der Waals surface area contributed by atoms with E-state index in [1.807, 2.05) is 0 Å². The molecule has 0 aromatic rings. The minimum atomic E-state index is 0.827. The zero-order chi connectivity index (χ0) is 11.0. The van der Waals surface area contributed by atoms with E-state index in [1.165, 1.54) is 38.5 Å². The van der Waals surface area contributed by atoms with Crippen LogP contribution in [0.5, 0.6) is 0 Å². The van der Waals surface area contributed by atoms with Gasteiger partial charge in [0.2, 0.25) is 0 Å². The molecule has 0 saturated carbocycles. The molecule has 1 atom stereocenters. The average Bonchev–Trinajstić information content (AvgIpc) is 2.56. The van der Waals surface area contributed by atoms with Crippen LogP contribution in [0.25, 0.3) is 0 Å². The van der Waals surface area contributed by atoms with E-state index in [0.717, 1.165) is 12.2 Å². The Morgan fingerprint density at radius 1 is 1.31 bits per heavy atom. The van der Waals surface area contributed by atoms with Crippen LogP contribution in [0.4, 0.5) is 0 Å². The molecule has 0 nitrogen and oxygen atoms in total. The van der Waals surface area contributed by atoms with Crippen LogP contribution in [-0.2, 0) is 0 Å². The summed E-state index contributed by atoms with van der Waals surface area (Å²) in [5, 5.41) is 0. The Morgan fingerprint density at radius 3 is 3.19 bits per heavy atom. The molecule has 0 amide bonds. The van der Waals surface area contributed by atoms with Crippen LogP contribution in [0, 0.1) is 0 Å². The van der Waals surface area contributed by atoms with Crippen LogP contribution in [0.3, 0.4) is 0 Å². The lowest BCUT2D eigenvalue weighted by Gasteiger charge is -2.20. The standard InChI is InChI=1S/C15H19B/c1-11-5-4-8-15-14(9-11)12-6-2-3-7-13(10-12)16-15/h4,8-10,13,16H,2-3,5-7H2,1H3. The third kappa shape index (κ3) is 1.84. The average molecular weight is 210 g/mol. The van der Waals surface area contributed by atoms with Crippen LogP contribution in [0.15, 0.2) is 46.5 Å². The SMILES string of the molecule is CC1=CC2=C(BC3C=C2CCCC3)C=CC1. The van der Waals surface area contributed by atoms with Crippen molar-refractivity contribution < 1.29 is 0 Å². The molecule has 0 fully saturated rings. The molecule has 82 valence electrons. The summed E-state index contributed by atoms with van der Waals surface area (Å²) >= 11 is 0. The molecule has 2 bridgehead atoms. The van der Waals surface area contributed by atoms with Gasteiger partial charge in [0.1, 0.15) is 0 Å². The monoisotopic (exact) mass is 210 g/mol. The van der Waals surface area contributed by atoms with Crippen LogP contribution in [-0.4, -0.2) is 7.28 Å². The zero-order valence-electron chi connectivity index (χ0n) is 10.1. The van der Waals surface area contributed by atoms with E-state index >= 15 is 0 Å². The van der Waals surface area contributed by atoms with Gasteiger partial charge >= 0.3 is 0 Å². The second-order valence-corrected chi connectivity index (χ2v) is 5.44. The van der Waals surface area contributed by atoms with Crippen molar-refractivity contribution >= 4 is 7.28 Å². The molecular formula is C15H19B. The molecule has 0 saturated heterocycles. The van der Waals surface area contributed by atoms with Crippen molar-refractivity contribution in [1.29, 1.82) is 0 Å². The van der Waals surface area contributed by atoms with Crippen LogP contribution >= 0.6 is 0 Å². The van der Waals surface area contributed by atoms with Crippen LogP contribution < -0.4 is 0 Å².